The smallest absolute Gasteiger partial charge is 0.0433 e. The number of thiophene rings is 3. The van der Waals surface area contributed by atoms with Gasteiger partial charge in [0.25, 0.3) is 0 Å². The van der Waals surface area contributed by atoms with Crippen molar-refractivity contribution in [3.63, 3.8) is 0 Å². The number of unbranched alkanes of at least 4 members (excludes halogenated alkanes) is 1. The Morgan fingerprint density at radius 2 is 0.422 bits per heavy atom. The van der Waals surface area contributed by atoms with Gasteiger partial charge in [0.15, 0.2) is 0 Å². The highest BCUT2D eigenvalue weighted by Gasteiger charge is 2.26. The number of hydrogen-bond donors (Lipinski definition) is 0. The average molecular weight is 1930 g/mol. The summed E-state index contributed by atoms with van der Waals surface area (Å²) in [4.78, 5) is 0. The van der Waals surface area contributed by atoms with Crippen molar-refractivity contribution in [1.82, 2.24) is 0 Å². The van der Waals surface area contributed by atoms with E-state index in [0.717, 1.165) is 12.8 Å². The van der Waals surface area contributed by atoms with E-state index in [-0.39, 0.29) is 5.41 Å². The van der Waals surface area contributed by atoms with Gasteiger partial charge in [0.05, 0.1) is 0 Å². The zero-order valence-corrected chi connectivity index (χ0v) is 85.8. The van der Waals surface area contributed by atoms with Gasteiger partial charge >= 0.3 is 0 Å². The molecule has 3 heterocycles. The highest BCUT2D eigenvalue weighted by Crippen LogP contribution is 2.53. The maximum absolute atomic E-state index is 2.44. The van der Waals surface area contributed by atoms with E-state index in [1.165, 1.54) is 288 Å². The second-order valence-electron chi connectivity index (χ2n) is 40.8. The first kappa shape index (κ1) is 91.7. The van der Waals surface area contributed by atoms with Crippen molar-refractivity contribution in [3.05, 3.63) is 508 Å². The van der Waals surface area contributed by atoms with E-state index in [4.69, 9.17) is 0 Å². The summed E-state index contributed by atoms with van der Waals surface area (Å²) in [6.07, 6.45) is 4.64. The molecule has 0 bridgehead atoms. The van der Waals surface area contributed by atoms with Gasteiger partial charge in [0.2, 0.25) is 0 Å². The van der Waals surface area contributed by atoms with E-state index in [1.54, 1.807) is 0 Å². The highest BCUT2D eigenvalue weighted by atomic mass is 32.1. The monoisotopic (exact) mass is 1930 g/mol. The van der Waals surface area contributed by atoms with Crippen LogP contribution in [0.4, 0.5) is 0 Å². The molecule has 3 aromatic heterocycles. The van der Waals surface area contributed by atoms with Crippen LogP contribution in [0.15, 0.2) is 491 Å². The largest absolute Gasteiger partial charge is 0.135 e. The number of benzene rings is 24. The number of aryl methyl sites for hydroxylation is 1. The Morgan fingerprint density at radius 3 is 0.728 bits per heavy atom. The Labute approximate surface area is 872 Å². The summed E-state index contributed by atoms with van der Waals surface area (Å²) in [6, 6.07) is 183. The standard InChI is InChI=1S/3C48H36S/c1-48(2,3)36-26-23-32(24-27-36)46-40-19-8-7-18-39(40)45(31-13-5-4-6-14-31)41-28-25-34(30-43(41)46)33-15-11-16-35(29-33)37-20-12-21-42-38-17-9-10-22-44(38)49-47(37)42;1-31(2)28-32-22-24-34(25-23-32)47-41-18-7-6-17-40(41)46(33-12-4-3-5-13-33)42-27-26-36(30-44(42)47)35-14-10-15-37(29-35)38-19-11-20-43-39-16-8-9-21-45(39)49-48(38)43;1-2-3-13-32-24-26-34(27-25-32)47-41-20-8-7-19-40(41)46(33-14-5-4-6-15-33)42-29-28-36(31-44(42)47)35-16-11-17-37(30-35)38-21-12-22-43-39-18-9-10-23-45(39)49-48(38)43/h4-30H,1-3H3;3-27,29-31H,28H2,1-2H3;4-12,14-31H,2-3,13H2,1H3. The Hall–Kier alpha value is -16.5. The normalized spacial score (nSPS) is 11.8. The molecular weight excluding hydrogens is 1830 g/mol. The lowest BCUT2D eigenvalue weighted by atomic mass is 9.83. The first-order valence-electron chi connectivity index (χ1n) is 51.8. The third-order valence-electron chi connectivity index (χ3n) is 30.0. The molecule has 0 N–H and O–H groups in total. The van der Waals surface area contributed by atoms with E-state index in [0.29, 0.717) is 5.92 Å². The molecule has 0 aliphatic carbocycles. The minimum Gasteiger partial charge on any atom is -0.135 e. The molecule has 0 aliphatic rings. The molecule has 0 spiro atoms. The van der Waals surface area contributed by atoms with Crippen LogP contribution in [-0.4, -0.2) is 0 Å². The maximum Gasteiger partial charge on any atom is 0.0433 e. The van der Waals surface area contributed by atoms with Crippen LogP contribution in [0.3, 0.4) is 0 Å². The molecule has 27 aromatic rings. The molecule has 0 nitrogen and oxygen atoms in total. The van der Waals surface area contributed by atoms with Gasteiger partial charge in [-0.3, -0.25) is 0 Å². The minimum atomic E-state index is 0.0954. The van der Waals surface area contributed by atoms with Crippen molar-refractivity contribution < 1.29 is 0 Å². The lowest BCUT2D eigenvalue weighted by molar-refractivity contribution is 0.590. The van der Waals surface area contributed by atoms with Gasteiger partial charge in [-0.05, 0) is 300 Å². The van der Waals surface area contributed by atoms with Crippen LogP contribution >= 0.6 is 34.0 Å². The van der Waals surface area contributed by atoms with Crippen LogP contribution in [0.25, 0.3) is 259 Å². The topological polar surface area (TPSA) is 0 Å². The summed E-state index contributed by atoms with van der Waals surface area (Å²) in [6.45, 7) is 13.7. The molecule has 702 valence electrons. The van der Waals surface area contributed by atoms with Crippen LogP contribution in [0.1, 0.15) is 71.1 Å². The molecule has 0 aliphatic heterocycles. The Balaban J connectivity index is 0.000000115. The summed E-state index contributed by atoms with van der Waals surface area (Å²) in [5.74, 6) is 0.627. The SMILES string of the molecule is CC(C)(C)c1ccc(-c2c3ccccc3c(-c3ccccc3)c3ccc(-c4cccc(-c5cccc6c5sc5ccccc56)c4)cc23)cc1.CC(C)Cc1ccc(-c2c3ccccc3c(-c3ccccc3)c3ccc(-c4cccc(-c5cccc6c5sc5ccccc56)c4)cc23)cc1.CCCCc1ccc(-c2c3ccccc3c(-c3ccccc3)c3ccc(-c4cccc(-c5cccc6c5sc5ccccc56)c4)cc23)cc1. The summed E-state index contributed by atoms with van der Waals surface area (Å²) in [7, 11) is 0. The highest BCUT2D eigenvalue weighted by molar-refractivity contribution is 7.27. The fourth-order valence-corrected chi connectivity index (χ4v) is 26.6. The van der Waals surface area contributed by atoms with E-state index < -0.39 is 0 Å². The van der Waals surface area contributed by atoms with Crippen LogP contribution in [0.2, 0.25) is 0 Å². The van der Waals surface area contributed by atoms with E-state index in [2.05, 4.69) is 533 Å². The van der Waals surface area contributed by atoms with E-state index in [9.17, 15) is 0 Å². The number of fused-ring (bicyclic) bond motifs is 15. The predicted molar refractivity (Wildman–Crippen MR) is 644 cm³/mol. The summed E-state index contributed by atoms with van der Waals surface area (Å²) >= 11 is 5.67. The van der Waals surface area contributed by atoms with Crippen LogP contribution in [0.5, 0.6) is 0 Å². The van der Waals surface area contributed by atoms with Gasteiger partial charge in [0, 0.05) is 60.5 Å². The molecular formula is C144H108S3. The van der Waals surface area contributed by atoms with Crippen molar-refractivity contribution >= 4 is 159 Å². The average Bonchev–Trinajstić information content (AvgIpc) is 1.71. The van der Waals surface area contributed by atoms with Gasteiger partial charge in [-0.15, -0.1) is 34.0 Å². The molecule has 0 fully saturated rings. The first-order chi connectivity index (χ1) is 72.3. The van der Waals surface area contributed by atoms with Gasteiger partial charge in [-0.25, -0.2) is 0 Å². The minimum absolute atomic E-state index is 0.0954. The van der Waals surface area contributed by atoms with Crippen molar-refractivity contribution in [2.45, 2.75) is 72.6 Å². The second kappa shape index (κ2) is 39.2. The van der Waals surface area contributed by atoms with Crippen molar-refractivity contribution in [2.75, 3.05) is 0 Å². The third kappa shape index (κ3) is 17.3. The van der Waals surface area contributed by atoms with E-state index in [1.807, 2.05) is 34.0 Å². The molecule has 0 radical (unpaired) electrons. The predicted octanol–water partition coefficient (Wildman–Crippen LogP) is 42.9. The number of hydrogen-bond acceptors (Lipinski definition) is 3. The molecule has 147 heavy (non-hydrogen) atoms. The molecule has 27 rings (SSSR count). The third-order valence-corrected chi connectivity index (χ3v) is 33.6. The molecule has 0 atom stereocenters. The first-order valence-corrected chi connectivity index (χ1v) is 54.2. The molecule has 0 saturated carbocycles. The van der Waals surface area contributed by atoms with Crippen LogP contribution in [-0.2, 0) is 18.3 Å². The van der Waals surface area contributed by atoms with Gasteiger partial charge in [-0.2, -0.15) is 0 Å². The number of rotatable bonds is 17. The molecule has 24 aromatic carbocycles. The van der Waals surface area contributed by atoms with Crippen LogP contribution in [0, 0.1) is 5.92 Å². The van der Waals surface area contributed by atoms with Crippen LogP contribution < -0.4 is 0 Å². The fraction of sp³-hybridized carbons (Fsp3) is 0.0833. The lowest BCUT2D eigenvalue weighted by Crippen LogP contribution is -2.10. The Bertz CT molecular complexity index is 9710. The molecule has 3 heteroatoms. The van der Waals surface area contributed by atoms with Gasteiger partial charge in [-0.1, -0.05) is 485 Å². The van der Waals surface area contributed by atoms with Gasteiger partial charge < -0.3 is 0 Å². The maximum atomic E-state index is 2.44. The molecule has 0 amide bonds. The second-order valence-corrected chi connectivity index (χ2v) is 43.9. The summed E-state index contributed by atoms with van der Waals surface area (Å²) in [5.41, 5.74) is 34.5. The fourth-order valence-electron chi connectivity index (χ4n) is 22.9. The molecule has 0 saturated heterocycles. The molecule has 0 unspecified atom stereocenters. The van der Waals surface area contributed by atoms with E-state index >= 15 is 0 Å². The lowest BCUT2D eigenvalue weighted by Gasteiger charge is -2.21. The Morgan fingerprint density at radius 1 is 0.190 bits per heavy atom. The Kier molecular flexibility index (Phi) is 24.5. The van der Waals surface area contributed by atoms with Crippen molar-refractivity contribution in [1.29, 1.82) is 0 Å². The zero-order valence-electron chi connectivity index (χ0n) is 83.4. The zero-order chi connectivity index (χ0) is 98.7. The summed E-state index contributed by atoms with van der Waals surface area (Å²) in [5, 5.41) is 23.4. The van der Waals surface area contributed by atoms with Crippen molar-refractivity contribution in [2.24, 2.45) is 5.92 Å². The quantitative estimate of drug-likeness (QED) is 0.0797. The summed E-state index contributed by atoms with van der Waals surface area (Å²) < 4.78 is 8.05. The van der Waals surface area contributed by atoms with Gasteiger partial charge in [0.1, 0.15) is 0 Å². The van der Waals surface area contributed by atoms with Crippen molar-refractivity contribution in [3.8, 4) is 134 Å².